The van der Waals surface area contributed by atoms with Crippen LogP contribution >= 0.6 is 11.6 Å². The predicted molar refractivity (Wildman–Crippen MR) is 37.9 cm³/mol. The zero-order valence-electron chi connectivity index (χ0n) is 8.00. The first-order valence-corrected chi connectivity index (χ1v) is 4.08. The van der Waals surface area contributed by atoms with Crippen LogP contribution in [-0.4, -0.2) is 29.9 Å². The van der Waals surface area contributed by atoms with Gasteiger partial charge in [0, 0.05) is 11.6 Å². The molecule has 13 heteroatoms. The normalized spacial score (nSPS) is 14.2. The molecule has 0 amide bonds. The number of halogens is 10. The fourth-order valence-corrected chi connectivity index (χ4v) is 1.05. The summed E-state index contributed by atoms with van der Waals surface area (Å²) in [4.78, 5) is 20.4. The van der Waals surface area contributed by atoms with E-state index in [1.807, 2.05) is 0 Å². The van der Waals surface area contributed by atoms with Crippen molar-refractivity contribution in [3.8, 4) is 0 Å². The van der Waals surface area contributed by atoms with Crippen molar-refractivity contribution >= 4 is 23.0 Å². The lowest BCUT2D eigenvalue weighted by atomic mass is 9.85. The summed E-state index contributed by atoms with van der Waals surface area (Å²) in [6.07, 6.45) is -21.4. The molecule has 0 bridgehead atoms. The number of carbonyl (C=O) groups excluding carboxylic acids is 2. The standard InChI is InChI=1S/C6ClF9O3/c7-2(18)19-1(17)3(4(8,9)10,5(11,12)13)6(14,15)16. The summed E-state index contributed by atoms with van der Waals surface area (Å²) in [6, 6.07) is 0. The molecule has 0 aromatic rings. The zero-order chi connectivity index (χ0) is 15.9. The lowest BCUT2D eigenvalue weighted by Gasteiger charge is -2.35. The van der Waals surface area contributed by atoms with Gasteiger partial charge in [-0.05, 0) is 0 Å². The van der Waals surface area contributed by atoms with Gasteiger partial charge < -0.3 is 4.74 Å². The predicted octanol–water partition coefficient (Wildman–Crippen LogP) is 3.56. The maximum Gasteiger partial charge on any atom is 0.423 e. The van der Waals surface area contributed by atoms with Gasteiger partial charge in [0.05, 0.1) is 0 Å². The maximum absolute atomic E-state index is 12.2. The van der Waals surface area contributed by atoms with Crippen LogP contribution < -0.4 is 0 Å². The molecule has 0 aliphatic rings. The molecule has 0 aromatic heterocycles. The van der Waals surface area contributed by atoms with E-state index >= 15 is 0 Å². The van der Waals surface area contributed by atoms with Gasteiger partial charge >= 0.3 is 35.3 Å². The Morgan fingerprint density at radius 2 is 1.00 bits per heavy atom. The average Bonchev–Trinajstić information content (AvgIpc) is 1.91. The van der Waals surface area contributed by atoms with Crippen molar-refractivity contribution in [2.45, 2.75) is 18.5 Å². The first-order valence-electron chi connectivity index (χ1n) is 3.71. The van der Waals surface area contributed by atoms with Gasteiger partial charge in [-0.2, -0.15) is 39.5 Å². The summed E-state index contributed by atoms with van der Waals surface area (Å²) in [6.45, 7) is 0. The number of hydrogen-bond donors (Lipinski definition) is 0. The summed E-state index contributed by atoms with van der Waals surface area (Å²) in [5.74, 6) is -3.93. The van der Waals surface area contributed by atoms with Crippen molar-refractivity contribution in [3.05, 3.63) is 0 Å². The Morgan fingerprint density at radius 1 is 0.737 bits per heavy atom. The van der Waals surface area contributed by atoms with Gasteiger partial charge in [0.1, 0.15) is 0 Å². The van der Waals surface area contributed by atoms with Crippen LogP contribution in [0.4, 0.5) is 44.3 Å². The van der Waals surface area contributed by atoms with Gasteiger partial charge in [-0.3, -0.25) is 0 Å². The molecule has 0 N–H and O–H groups in total. The minimum atomic E-state index is -7.15. The highest BCUT2D eigenvalue weighted by Gasteiger charge is 2.89. The fraction of sp³-hybridized carbons (Fsp3) is 0.667. The van der Waals surface area contributed by atoms with Crippen LogP contribution in [0, 0.1) is 5.41 Å². The molecule has 0 aliphatic carbocycles. The third-order valence-corrected chi connectivity index (χ3v) is 1.83. The summed E-state index contributed by atoms with van der Waals surface area (Å²) in [5, 5.41) is 0. The minimum absolute atomic E-state index is 2.58. The third kappa shape index (κ3) is 2.87. The number of carbonyl (C=O) groups is 2. The number of alkyl halides is 9. The molecular weight excluding hydrogens is 326 g/mol. The third-order valence-electron chi connectivity index (χ3n) is 1.75. The lowest BCUT2D eigenvalue weighted by molar-refractivity contribution is -0.410. The Morgan fingerprint density at radius 3 is 1.16 bits per heavy atom. The van der Waals surface area contributed by atoms with Gasteiger partial charge in [-0.1, -0.05) is 0 Å². The summed E-state index contributed by atoms with van der Waals surface area (Å²) < 4.78 is 112. The second-order valence-electron chi connectivity index (χ2n) is 2.87. The fourth-order valence-electron chi connectivity index (χ4n) is 0.979. The Balaban J connectivity index is 6.27. The Kier molecular flexibility index (Phi) is 4.42. The van der Waals surface area contributed by atoms with Crippen molar-refractivity contribution in [1.29, 1.82) is 0 Å². The van der Waals surface area contributed by atoms with Gasteiger partial charge in [-0.15, -0.1) is 0 Å². The van der Waals surface area contributed by atoms with E-state index < -0.39 is 35.3 Å². The molecule has 112 valence electrons. The van der Waals surface area contributed by atoms with Gasteiger partial charge in [0.15, 0.2) is 0 Å². The van der Waals surface area contributed by atoms with Crippen molar-refractivity contribution in [2.75, 3.05) is 0 Å². The first-order chi connectivity index (χ1) is 8.09. The summed E-state index contributed by atoms with van der Waals surface area (Å²) >= 11 is 4.14. The van der Waals surface area contributed by atoms with Crippen LogP contribution in [-0.2, 0) is 9.53 Å². The van der Waals surface area contributed by atoms with E-state index in [1.165, 1.54) is 0 Å². The van der Waals surface area contributed by atoms with Crippen molar-refractivity contribution in [1.82, 2.24) is 0 Å². The van der Waals surface area contributed by atoms with Gasteiger partial charge in [0.2, 0.25) is 0 Å². The van der Waals surface area contributed by atoms with E-state index in [1.54, 1.807) is 0 Å². The van der Waals surface area contributed by atoms with E-state index in [9.17, 15) is 49.1 Å². The van der Waals surface area contributed by atoms with Crippen LogP contribution in [0.2, 0.25) is 0 Å². The van der Waals surface area contributed by atoms with E-state index in [-0.39, 0.29) is 0 Å². The summed E-state index contributed by atoms with van der Waals surface area (Å²) in [5.41, 5.74) is -9.44. The highest BCUT2D eigenvalue weighted by atomic mass is 35.5. The second kappa shape index (κ2) is 4.72. The molecule has 0 rings (SSSR count). The molecule has 0 heterocycles. The molecule has 0 fully saturated rings. The molecule has 0 aromatic carbocycles. The molecule has 0 aliphatic heterocycles. The number of ether oxygens (including phenoxy) is 1. The van der Waals surface area contributed by atoms with Crippen LogP contribution in [0.15, 0.2) is 0 Å². The van der Waals surface area contributed by atoms with E-state index in [4.69, 9.17) is 0 Å². The molecule has 0 radical (unpaired) electrons. The van der Waals surface area contributed by atoms with Crippen molar-refractivity contribution < 1.29 is 53.8 Å². The molecule has 19 heavy (non-hydrogen) atoms. The van der Waals surface area contributed by atoms with Crippen LogP contribution in [0.1, 0.15) is 0 Å². The highest BCUT2D eigenvalue weighted by molar-refractivity contribution is 6.61. The monoisotopic (exact) mass is 326 g/mol. The molecule has 0 unspecified atom stereocenters. The van der Waals surface area contributed by atoms with Crippen molar-refractivity contribution in [2.24, 2.45) is 5.41 Å². The minimum Gasteiger partial charge on any atom is -0.379 e. The maximum atomic E-state index is 12.2. The molecule has 0 saturated heterocycles. The zero-order valence-corrected chi connectivity index (χ0v) is 8.76. The van der Waals surface area contributed by atoms with Gasteiger partial charge in [0.25, 0.3) is 0 Å². The smallest absolute Gasteiger partial charge is 0.379 e. The highest BCUT2D eigenvalue weighted by Crippen LogP contribution is 2.60. The van der Waals surface area contributed by atoms with E-state index in [2.05, 4.69) is 16.3 Å². The Labute approximate surface area is 102 Å². The average molecular weight is 326 g/mol. The molecular formula is C6ClF9O3. The van der Waals surface area contributed by atoms with E-state index in [0.29, 0.717) is 0 Å². The van der Waals surface area contributed by atoms with Crippen molar-refractivity contribution in [3.63, 3.8) is 0 Å². The van der Waals surface area contributed by atoms with E-state index in [0.717, 1.165) is 0 Å². The topological polar surface area (TPSA) is 43.4 Å². The second-order valence-corrected chi connectivity index (χ2v) is 3.18. The number of esters is 1. The lowest BCUT2D eigenvalue weighted by Crippen LogP contribution is -2.64. The Hall–Kier alpha value is -1.20. The molecule has 0 atom stereocenters. The largest absolute Gasteiger partial charge is 0.423 e. The number of hydrogen-bond acceptors (Lipinski definition) is 3. The van der Waals surface area contributed by atoms with Crippen LogP contribution in [0.3, 0.4) is 0 Å². The molecule has 3 nitrogen and oxygen atoms in total. The molecule has 0 spiro atoms. The van der Waals surface area contributed by atoms with Crippen LogP contribution in [0.5, 0.6) is 0 Å². The van der Waals surface area contributed by atoms with Crippen LogP contribution in [0.25, 0.3) is 0 Å². The SMILES string of the molecule is O=C(Cl)OC(=O)C(C(F)(F)F)(C(F)(F)F)C(F)(F)F. The first kappa shape index (κ1) is 17.8. The summed E-state index contributed by atoms with van der Waals surface area (Å²) in [7, 11) is 0. The molecule has 0 saturated carbocycles. The van der Waals surface area contributed by atoms with Gasteiger partial charge in [-0.25, -0.2) is 9.59 Å². The quantitative estimate of drug-likeness (QED) is 0.320. The Bertz CT molecular complexity index is 343. The number of rotatable bonds is 1.